The molecule has 128 valence electrons. The number of rotatable bonds is 6. The zero-order valence-electron chi connectivity index (χ0n) is 14.1. The van der Waals surface area contributed by atoms with E-state index in [9.17, 15) is 9.18 Å². The number of anilines is 1. The third-order valence-corrected chi connectivity index (χ3v) is 4.27. The Kier molecular flexibility index (Phi) is 6.36. The summed E-state index contributed by atoms with van der Waals surface area (Å²) in [6.45, 7) is 8.89. The topological polar surface area (TPSA) is 44.8 Å². The number of likely N-dealkylation sites (N-methyl/N-ethyl adjacent to an activating group) is 1. The van der Waals surface area contributed by atoms with Crippen molar-refractivity contribution in [3.63, 3.8) is 0 Å². The summed E-state index contributed by atoms with van der Waals surface area (Å²) < 4.78 is 18.5. The highest BCUT2D eigenvalue weighted by molar-refractivity contribution is 5.78. The fourth-order valence-corrected chi connectivity index (χ4v) is 2.96. The molecule has 0 spiro atoms. The van der Waals surface area contributed by atoms with Crippen LogP contribution in [0.4, 0.5) is 10.1 Å². The Morgan fingerprint density at radius 2 is 2.04 bits per heavy atom. The molecule has 0 aliphatic carbocycles. The van der Waals surface area contributed by atoms with Crippen molar-refractivity contribution in [3.05, 3.63) is 29.6 Å². The van der Waals surface area contributed by atoms with Crippen LogP contribution in [0.1, 0.15) is 25.5 Å². The molecular formula is C17H26FN3O2. The average molecular weight is 323 g/mol. The summed E-state index contributed by atoms with van der Waals surface area (Å²) in [5.41, 5.74) is 1.80. The fraction of sp³-hybridized carbons (Fsp3) is 0.588. The van der Waals surface area contributed by atoms with Gasteiger partial charge in [-0.3, -0.25) is 4.79 Å². The van der Waals surface area contributed by atoms with Gasteiger partial charge in [0.1, 0.15) is 12.4 Å². The Labute approximate surface area is 137 Å². The van der Waals surface area contributed by atoms with Crippen LogP contribution in [-0.2, 0) is 9.53 Å². The third kappa shape index (κ3) is 4.65. The van der Waals surface area contributed by atoms with E-state index >= 15 is 0 Å². The van der Waals surface area contributed by atoms with Crippen LogP contribution in [0, 0.1) is 5.82 Å². The van der Waals surface area contributed by atoms with Gasteiger partial charge in [0.05, 0.1) is 6.04 Å². The lowest BCUT2D eigenvalue weighted by molar-refractivity contribution is -0.125. The molecule has 1 amide bonds. The maximum atomic E-state index is 13.7. The van der Waals surface area contributed by atoms with Gasteiger partial charge in [-0.1, -0.05) is 6.92 Å². The monoisotopic (exact) mass is 323 g/mol. The number of nitrogens with zero attached hydrogens (tertiary/aromatic N) is 2. The van der Waals surface area contributed by atoms with Crippen molar-refractivity contribution in [1.82, 2.24) is 10.2 Å². The second-order valence-electron chi connectivity index (χ2n) is 5.85. The van der Waals surface area contributed by atoms with E-state index in [-0.39, 0.29) is 24.4 Å². The molecule has 2 rings (SSSR count). The molecule has 0 aromatic heterocycles. The number of methoxy groups -OCH3 is 1. The molecule has 0 bridgehead atoms. The quantitative estimate of drug-likeness (QED) is 0.867. The number of carbonyl (C=O) groups is 1. The molecule has 1 heterocycles. The number of nitrogens with one attached hydrogen (secondary N) is 1. The van der Waals surface area contributed by atoms with Crippen molar-refractivity contribution >= 4 is 11.6 Å². The van der Waals surface area contributed by atoms with Crippen LogP contribution >= 0.6 is 0 Å². The molecular weight excluding hydrogens is 297 g/mol. The normalized spacial score (nSPS) is 17.1. The van der Waals surface area contributed by atoms with Gasteiger partial charge < -0.3 is 19.9 Å². The first kappa shape index (κ1) is 17.7. The highest BCUT2D eigenvalue weighted by Gasteiger charge is 2.21. The van der Waals surface area contributed by atoms with Crippen LogP contribution < -0.4 is 10.2 Å². The lowest BCUT2D eigenvalue weighted by Crippen LogP contribution is -2.46. The molecule has 5 nitrogen and oxygen atoms in total. The third-order valence-electron chi connectivity index (χ3n) is 4.27. The maximum absolute atomic E-state index is 13.7. The van der Waals surface area contributed by atoms with E-state index in [0.717, 1.165) is 44.0 Å². The molecule has 1 saturated heterocycles. The number of hydrogen-bond acceptors (Lipinski definition) is 4. The predicted molar refractivity (Wildman–Crippen MR) is 89.2 cm³/mol. The number of ether oxygens (including phenoxy) is 1. The first-order valence-electron chi connectivity index (χ1n) is 8.10. The first-order valence-corrected chi connectivity index (χ1v) is 8.10. The minimum atomic E-state index is -0.288. The molecule has 0 saturated carbocycles. The van der Waals surface area contributed by atoms with E-state index in [1.165, 1.54) is 19.2 Å². The summed E-state index contributed by atoms with van der Waals surface area (Å²) >= 11 is 0. The minimum Gasteiger partial charge on any atom is -0.375 e. The number of halogens is 1. The highest BCUT2D eigenvalue weighted by atomic mass is 19.1. The molecule has 1 aliphatic rings. The van der Waals surface area contributed by atoms with E-state index in [0.29, 0.717) is 0 Å². The minimum absolute atomic E-state index is 0.00413. The lowest BCUT2D eigenvalue weighted by atomic mass is 10.0. The molecule has 1 aliphatic heterocycles. The predicted octanol–water partition coefficient (Wildman–Crippen LogP) is 1.79. The summed E-state index contributed by atoms with van der Waals surface area (Å²) in [7, 11) is 1.48. The van der Waals surface area contributed by atoms with Crippen LogP contribution in [0.25, 0.3) is 0 Å². The molecule has 6 heteroatoms. The summed E-state index contributed by atoms with van der Waals surface area (Å²) in [6.07, 6.45) is 0. The van der Waals surface area contributed by atoms with Crippen LogP contribution in [0.3, 0.4) is 0 Å². The number of hydrogen-bond donors (Lipinski definition) is 1. The van der Waals surface area contributed by atoms with E-state index in [2.05, 4.69) is 22.0 Å². The smallest absolute Gasteiger partial charge is 0.246 e. The molecule has 23 heavy (non-hydrogen) atoms. The maximum Gasteiger partial charge on any atom is 0.246 e. The summed E-state index contributed by atoms with van der Waals surface area (Å²) in [5.74, 6) is -0.491. The standard InChI is InChI=1S/C17H26FN3O2/c1-4-20-7-9-21(10-8-20)16-6-5-14(18)11-15(16)13(2)19-17(22)12-23-3/h5-6,11,13H,4,7-10,12H2,1-3H3,(H,19,22). The Morgan fingerprint density at radius 3 is 2.65 bits per heavy atom. The largest absolute Gasteiger partial charge is 0.375 e. The van der Waals surface area contributed by atoms with Crippen LogP contribution in [-0.4, -0.2) is 57.2 Å². The van der Waals surface area contributed by atoms with Gasteiger partial charge in [0.25, 0.3) is 0 Å². The van der Waals surface area contributed by atoms with E-state index in [1.54, 1.807) is 0 Å². The van der Waals surface area contributed by atoms with Gasteiger partial charge in [0, 0.05) is 44.5 Å². The number of piperazine rings is 1. The van der Waals surface area contributed by atoms with Crippen LogP contribution in [0.5, 0.6) is 0 Å². The van der Waals surface area contributed by atoms with Gasteiger partial charge in [0.15, 0.2) is 0 Å². The van der Waals surface area contributed by atoms with E-state index in [4.69, 9.17) is 4.74 Å². The highest BCUT2D eigenvalue weighted by Crippen LogP contribution is 2.28. The molecule has 1 atom stereocenters. The molecule has 1 aromatic rings. The van der Waals surface area contributed by atoms with Crippen molar-refractivity contribution in [2.24, 2.45) is 0 Å². The van der Waals surface area contributed by atoms with Crippen molar-refractivity contribution in [1.29, 1.82) is 0 Å². The van der Waals surface area contributed by atoms with Crippen molar-refractivity contribution in [2.45, 2.75) is 19.9 Å². The van der Waals surface area contributed by atoms with Crippen LogP contribution in [0.2, 0.25) is 0 Å². The zero-order chi connectivity index (χ0) is 16.8. The van der Waals surface area contributed by atoms with Crippen molar-refractivity contribution in [2.75, 3.05) is 51.3 Å². The van der Waals surface area contributed by atoms with Crippen LogP contribution in [0.15, 0.2) is 18.2 Å². The number of benzene rings is 1. The Bertz CT molecular complexity index is 531. The molecule has 1 fully saturated rings. The Hall–Kier alpha value is -1.66. The van der Waals surface area contributed by atoms with Gasteiger partial charge in [0.2, 0.25) is 5.91 Å². The molecule has 1 unspecified atom stereocenters. The molecule has 0 radical (unpaired) electrons. The van der Waals surface area contributed by atoms with Gasteiger partial charge in [-0.2, -0.15) is 0 Å². The Morgan fingerprint density at radius 1 is 1.35 bits per heavy atom. The first-order chi connectivity index (χ1) is 11.0. The molecule has 1 aromatic carbocycles. The van der Waals surface area contributed by atoms with Crippen molar-refractivity contribution < 1.29 is 13.9 Å². The second-order valence-corrected chi connectivity index (χ2v) is 5.85. The van der Waals surface area contributed by atoms with Gasteiger partial charge >= 0.3 is 0 Å². The number of carbonyl (C=O) groups excluding carboxylic acids is 1. The number of amides is 1. The summed E-state index contributed by atoms with van der Waals surface area (Å²) in [4.78, 5) is 16.4. The lowest BCUT2D eigenvalue weighted by Gasteiger charge is -2.37. The second kappa shape index (κ2) is 8.26. The summed E-state index contributed by atoms with van der Waals surface area (Å²) in [6, 6.07) is 4.53. The Balaban J connectivity index is 2.15. The fourth-order valence-electron chi connectivity index (χ4n) is 2.96. The average Bonchev–Trinajstić information content (AvgIpc) is 2.55. The summed E-state index contributed by atoms with van der Waals surface area (Å²) in [5, 5.41) is 2.86. The molecule has 1 N–H and O–H groups in total. The van der Waals surface area contributed by atoms with Gasteiger partial charge in [-0.15, -0.1) is 0 Å². The van der Waals surface area contributed by atoms with Gasteiger partial charge in [-0.25, -0.2) is 4.39 Å². The van der Waals surface area contributed by atoms with Gasteiger partial charge in [-0.05, 0) is 31.7 Å². The van der Waals surface area contributed by atoms with E-state index < -0.39 is 0 Å². The van der Waals surface area contributed by atoms with Crippen molar-refractivity contribution in [3.8, 4) is 0 Å². The zero-order valence-corrected chi connectivity index (χ0v) is 14.1. The van der Waals surface area contributed by atoms with E-state index in [1.807, 2.05) is 13.0 Å². The SMILES string of the molecule is CCN1CCN(c2ccc(F)cc2C(C)NC(=O)COC)CC1.